The summed E-state index contributed by atoms with van der Waals surface area (Å²) in [6, 6.07) is 0. The molecule has 0 atom stereocenters. The van der Waals surface area contributed by atoms with Gasteiger partial charge in [-0.2, -0.15) is 0 Å². The Balaban J connectivity index is -0.000000416. The number of unbranched alkanes of at least 4 members (excludes halogenated alkanes) is 6. The molecule has 0 fully saturated rings. The average molecular weight is 696 g/mol. The van der Waals surface area contributed by atoms with Crippen molar-refractivity contribution in [3.63, 3.8) is 0 Å². The van der Waals surface area contributed by atoms with Gasteiger partial charge in [-0.1, -0.05) is 0 Å². The predicted octanol–water partition coefficient (Wildman–Crippen LogP) is 7.14. The summed E-state index contributed by atoms with van der Waals surface area (Å²) in [6.45, 7) is 14.0. The topological polar surface area (TPSA) is 80.3 Å². The van der Waals surface area contributed by atoms with Crippen LogP contribution >= 0.6 is 0 Å². The van der Waals surface area contributed by atoms with E-state index in [4.69, 9.17) is 15.9 Å². The van der Waals surface area contributed by atoms with Gasteiger partial charge in [0.1, 0.15) is 0 Å². The second-order valence-electron chi connectivity index (χ2n) is 8.53. The molecule has 0 aliphatic heterocycles. The van der Waals surface area contributed by atoms with Gasteiger partial charge in [0.15, 0.2) is 0 Å². The van der Waals surface area contributed by atoms with E-state index in [1.807, 2.05) is 0 Å². The SMILES string of the molecule is CCC[CH2][Sn+]([CH2]CCC)[CH2]CCC.CCC[CH2][Sn+]([CH2]CCC)[CH2]CCC.[O]=[Cr](=[O])([O-])[O-]. The second-order valence-corrected chi connectivity index (χ2v) is 26.9. The standard InChI is InChI=1S/6C4H9.Cr.4O.2Sn/c6*1-3-4-2;;;;;;;/h6*1,3-4H2,2H3;;;;;;;/q;;;;;;;;;2*-1;2*+1. The Morgan fingerprint density at radius 3 is 0.677 bits per heavy atom. The van der Waals surface area contributed by atoms with E-state index in [-0.39, 0.29) is 0 Å². The van der Waals surface area contributed by atoms with E-state index >= 15 is 0 Å². The molecule has 4 nitrogen and oxygen atoms in total. The molecule has 0 radical (unpaired) electrons. The quantitative estimate of drug-likeness (QED) is 0.143. The van der Waals surface area contributed by atoms with E-state index < -0.39 is 53.1 Å². The van der Waals surface area contributed by atoms with E-state index in [9.17, 15) is 0 Å². The van der Waals surface area contributed by atoms with E-state index in [2.05, 4.69) is 41.5 Å². The molecule has 7 heteroatoms. The maximum atomic E-state index is 8.59. The van der Waals surface area contributed by atoms with Gasteiger partial charge in [-0.3, -0.25) is 0 Å². The number of hydrogen-bond donors (Lipinski definition) is 0. The van der Waals surface area contributed by atoms with Crippen molar-refractivity contribution in [1.82, 2.24) is 0 Å². The molecule has 0 heterocycles. The van der Waals surface area contributed by atoms with Crippen molar-refractivity contribution in [3.05, 3.63) is 0 Å². The van der Waals surface area contributed by atoms with Gasteiger partial charge in [-0.15, -0.1) is 0 Å². The number of hydrogen-bond acceptors (Lipinski definition) is 4. The summed E-state index contributed by atoms with van der Waals surface area (Å²) in [7, 11) is 0. The maximum absolute atomic E-state index is 8.59. The van der Waals surface area contributed by atoms with Crippen LogP contribution in [0, 0.1) is 0 Å². The van der Waals surface area contributed by atoms with Gasteiger partial charge in [-0.25, -0.2) is 0 Å². The fourth-order valence-electron chi connectivity index (χ4n) is 3.31. The minimum absolute atomic E-state index is 0.839. The van der Waals surface area contributed by atoms with E-state index in [1.54, 1.807) is 26.6 Å². The van der Waals surface area contributed by atoms with Crippen LogP contribution in [0.3, 0.4) is 0 Å². The Hall–Kier alpha value is 1.65. The van der Waals surface area contributed by atoms with Gasteiger partial charge in [0.05, 0.1) is 0 Å². The Morgan fingerprint density at radius 1 is 0.452 bits per heavy atom. The molecule has 0 saturated heterocycles. The molecule has 0 aliphatic rings. The zero-order chi connectivity index (χ0) is 24.4. The van der Waals surface area contributed by atoms with Crippen molar-refractivity contribution >= 4 is 39.5 Å². The van der Waals surface area contributed by atoms with Gasteiger partial charge < -0.3 is 0 Å². The summed E-state index contributed by atoms with van der Waals surface area (Å²) >= 11 is -7.43. The van der Waals surface area contributed by atoms with Crippen LogP contribution in [0.1, 0.15) is 119 Å². The zero-order valence-electron chi connectivity index (χ0n) is 21.8. The Kier molecular flexibility index (Phi) is 35.6. The second kappa shape index (κ2) is 29.7. The Morgan fingerprint density at radius 2 is 0.581 bits per heavy atom. The fraction of sp³-hybridized carbons (Fsp3) is 1.00. The van der Waals surface area contributed by atoms with Crippen LogP contribution in [0.15, 0.2) is 0 Å². The molecular weight excluding hydrogens is 642 g/mol. The van der Waals surface area contributed by atoms with Crippen LogP contribution in [0.4, 0.5) is 0 Å². The van der Waals surface area contributed by atoms with E-state index in [1.165, 1.54) is 77.0 Å². The summed E-state index contributed by atoms with van der Waals surface area (Å²) in [5.41, 5.74) is 0. The number of rotatable bonds is 18. The molecule has 0 N–H and O–H groups in total. The summed E-state index contributed by atoms with van der Waals surface area (Å²) in [6.07, 6.45) is 17.7. The molecule has 0 rings (SSSR count). The predicted molar refractivity (Wildman–Crippen MR) is 131 cm³/mol. The van der Waals surface area contributed by atoms with Crippen LogP contribution in [0.2, 0.25) is 26.6 Å². The van der Waals surface area contributed by atoms with Crippen molar-refractivity contribution in [2.75, 3.05) is 0 Å². The average Bonchev–Trinajstić information content (AvgIpc) is 2.72. The van der Waals surface area contributed by atoms with Crippen LogP contribution < -0.4 is 8.32 Å². The molecule has 0 aromatic rings. The van der Waals surface area contributed by atoms with Crippen LogP contribution in [-0.2, 0) is 21.2 Å². The molecule has 0 unspecified atom stereocenters. The molecule has 0 bridgehead atoms. The first-order valence-corrected chi connectivity index (χ1v) is 27.2. The first-order valence-electron chi connectivity index (χ1n) is 13.0. The van der Waals surface area contributed by atoms with Crippen molar-refractivity contribution in [2.45, 2.75) is 145 Å². The van der Waals surface area contributed by atoms with E-state index in [0.717, 1.165) is 0 Å². The molecule has 0 aromatic carbocycles. The summed E-state index contributed by atoms with van der Waals surface area (Å²) in [5.74, 6) is 0. The third-order valence-electron chi connectivity index (χ3n) is 5.30. The van der Waals surface area contributed by atoms with Gasteiger partial charge in [0, 0.05) is 0 Å². The van der Waals surface area contributed by atoms with Gasteiger partial charge in [0.2, 0.25) is 0 Å². The van der Waals surface area contributed by atoms with Gasteiger partial charge in [-0.05, 0) is 0 Å². The Labute approximate surface area is 212 Å². The third kappa shape index (κ3) is 42.3. The first kappa shape index (κ1) is 37.2. The summed E-state index contributed by atoms with van der Waals surface area (Å²) in [4.78, 5) is 0. The van der Waals surface area contributed by atoms with Gasteiger partial charge >= 0.3 is 214 Å². The Bertz CT molecular complexity index is 350. The van der Waals surface area contributed by atoms with Crippen molar-refractivity contribution in [2.24, 2.45) is 0 Å². The van der Waals surface area contributed by atoms with Crippen LogP contribution in [-0.4, -0.2) is 39.5 Å². The first-order chi connectivity index (χ1) is 14.7. The molecule has 31 heavy (non-hydrogen) atoms. The van der Waals surface area contributed by atoms with Crippen molar-refractivity contribution in [3.8, 4) is 0 Å². The third-order valence-corrected chi connectivity index (χ3v) is 23.5. The fourth-order valence-corrected chi connectivity index (χ4v) is 22.2. The van der Waals surface area contributed by atoms with Crippen LogP contribution in [0.5, 0.6) is 0 Å². The zero-order valence-corrected chi connectivity index (χ0v) is 28.8. The summed E-state index contributed by atoms with van der Waals surface area (Å²) in [5, 5.41) is 0. The molecule has 188 valence electrons. The van der Waals surface area contributed by atoms with E-state index in [0.29, 0.717) is 0 Å². The van der Waals surface area contributed by atoms with Crippen molar-refractivity contribution < 1.29 is 29.5 Å². The molecule has 0 amide bonds. The molecule has 0 aliphatic carbocycles. The minimum atomic E-state index is -5.75. The monoisotopic (exact) mass is 698 g/mol. The van der Waals surface area contributed by atoms with Gasteiger partial charge in [0.25, 0.3) is 0 Å². The molecule has 0 aromatic heterocycles. The molecular formula is C24H54CrO4Sn2. The normalized spacial score (nSPS) is 10.6. The van der Waals surface area contributed by atoms with Crippen LogP contribution in [0.25, 0.3) is 0 Å². The van der Waals surface area contributed by atoms with Crippen molar-refractivity contribution in [1.29, 1.82) is 0 Å². The molecule has 0 saturated carbocycles. The molecule has 0 spiro atoms. The summed E-state index contributed by atoms with van der Waals surface area (Å²) < 4.78 is 44.5.